The third-order valence-electron chi connectivity index (χ3n) is 2.25. The third-order valence-corrected chi connectivity index (χ3v) is 2.25. The Morgan fingerprint density at radius 2 is 2.47 bits per heavy atom. The van der Waals surface area contributed by atoms with Crippen LogP contribution in [0, 0.1) is 6.92 Å². The molecule has 0 fully saturated rings. The highest BCUT2D eigenvalue weighted by molar-refractivity contribution is 5.94. The molecule has 0 bridgehead atoms. The summed E-state index contributed by atoms with van der Waals surface area (Å²) in [4.78, 5) is 11.7. The highest BCUT2D eigenvalue weighted by Gasteiger charge is 2.15. The van der Waals surface area contributed by atoms with E-state index in [1.807, 2.05) is 0 Å². The molecule has 1 unspecified atom stereocenters. The van der Waals surface area contributed by atoms with Gasteiger partial charge >= 0.3 is 0 Å². The lowest BCUT2D eigenvalue weighted by molar-refractivity contribution is 0.0934. The van der Waals surface area contributed by atoms with E-state index in [2.05, 4.69) is 17.4 Å². The number of aryl methyl sites for hydroxylation is 1. The lowest BCUT2D eigenvalue weighted by Gasteiger charge is -2.15. The SMILES string of the molecule is CCCC(CN)NC(=O)c1cnoc1C. The molecule has 5 nitrogen and oxygen atoms in total. The van der Waals surface area contributed by atoms with Gasteiger partial charge in [0, 0.05) is 12.6 Å². The molecule has 0 aromatic carbocycles. The fraction of sp³-hybridized carbons (Fsp3) is 0.600. The second-order valence-electron chi connectivity index (χ2n) is 3.49. The third kappa shape index (κ3) is 3.06. The summed E-state index contributed by atoms with van der Waals surface area (Å²) in [6.45, 7) is 4.21. The summed E-state index contributed by atoms with van der Waals surface area (Å²) in [6.07, 6.45) is 3.29. The van der Waals surface area contributed by atoms with E-state index in [4.69, 9.17) is 10.3 Å². The number of amides is 1. The Balaban J connectivity index is 2.58. The van der Waals surface area contributed by atoms with Crippen molar-refractivity contribution in [3.05, 3.63) is 17.5 Å². The van der Waals surface area contributed by atoms with E-state index in [0.29, 0.717) is 17.9 Å². The number of rotatable bonds is 5. The number of hydrogen-bond donors (Lipinski definition) is 2. The predicted octanol–water partition coefficient (Wildman–Crippen LogP) is 0.840. The Labute approximate surface area is 89.0 Å². The number of nitrogens with two attached hydrogens (primary N) is 1. The van der Waals surface area contributed by atoms with E-state index < -0.39 is 0 Å². The molecule has 1 aromatic heterocycles. The minimum Gasteiger partial charge on any atom is -0.361 e. The number of nitrogens with zero attached hydrogens (tertiary/aromatic N) is 1. The van der Waals surface area contributed by atoms with Gasteiger partial charge in [-0.15, -0.1) is 0 Å². The zero-order valence-corrected chi connectivity index (χ0v) is 9.12. The minimum atomic E-state index is -0.169. The Bertz CT molecular complexity index is 322. The molecule has 1 heterocycles. The topological polar surface area (TPSA) is 81.1 Å². The van der Waals surface area contributed by atoms with Crippen molar-refractivity contribution in [1.82, 2.24) is 10.5 Å². The van der Waals surface area contributed by atoms with Gasteiger partial charge in [-0.25, -0.2) is 0 Å². The van der Waals surface area contributed by atoms with Crippen LogP contribution in [0.25, 0.3) is 0 Å². The van der Waals surface area contributed by atoms with Crippen molar-refractivity contribution < 1.29 is 9.32 Å². The number of aromatic nitrogens is 1. The maximum atomic E-state index is 11.7. The van der Waals surface area contributed by atoms with Gasteiger partial charge in [0.05, 0.1) is 6.20 Å². The van der Waals surface area contributed by atoms with Crippen LogP contribution in [0.15, 0.2) is 10.7 Å². The summed E-state index contributed by atoms with van der Waals surface area (Å²) in [5.41, 5.74) is 6.02. The maximum Gasteiger partial charge on any atom is 0.256 e. The number of nitrogens with one attached hydrogen (secondary N) is 1. The van der Waals surface area contributed by atoms with Crippen molar-refractivity contribution in [2.24, 2.45) is 5.73 Å². The molecule has 15 heavy (non-hydrogen) atoms. The highest BCUT2D eigenvalue weighted by Crippen LogP contribution is 2.06. The van der Waals surface area contributed by atoms with Gasteiger partial charge in [-0.2, -0.15) is 0 Å². The zero-order chi connectivity index (χ0) is 11.3. The van der Waals surface area contributed by atoms with Gasteiger partial charge in [0.1, 0.15) is 11.3 Å². The van der Waals surface area contributed by atoms with Crippen molar-refractivity contribution in [1.29, 1.82) is 0 Å². The smallest absolute Gasteiger partial charge is 0.256 e. The molecule has 1 aromatic rings. The van der Waals surface area contributed by atoms with Crippen LogP contribution in [-0.4, -0.2) is 23.7 Å². The summed E-state index contributed by atoms with van der Waals surface area (Å²) in [5, 5.41) is 6.40. The number of carbonyl (C=O) groups excluding carboxylic acids is 1. The van der Waals surface area contributed by atoms with Crippen molar-refractivity contribution in [2.45, 2.75) is 32.7 Å². The molecule has 1 atom stereocenters. The van der Waals surface area contributed by atoms with Crippen LogP contribution in [-0.2, 0) is 0 Å². The molecular formula is C10H17N3O2. The predicted molar refractivity (Wildman–Crippen MR) is 56.5 cm³/mol. The van der Waals surface area contributed by atoms with Gasteiger partial charge in [-0.3, -0.25) is 4.79 Å². The average molecular weight is 211 g/mol. The maximum absolute atomic E-state index is 11.7. The fourth-order valence-corrected chi connectivity index (χ4v) is 1.38. The Morgan fingerprint density at radius 1 is 1.73 bits per heavy atom. The first-order valence-electron chi connectivity index (χ1n) is 5.11. The molecule has 3 N–H and O–H groups in total. The molecule has 0 aliphatic rings. The minimum absolute atomic E-state index is 0.0248. The van der Waals surface area contributed by atoms with Crippen molar-refractivity contribution in [2.75, 3.05) is 6.54 Å². The summed E-state index contributed by atoms with van der Waals surface area (Å²) < 4.78 is 4.82. The second-order valence-corrected chi connectivity index (χ2v) is 3.49. The first-order valence-corrected chi connectivity index (χ1v) is 5.11. The van der Waals surface area contributed by atoms with Crippen LogP contribution in [0.5, 0.6) is 0 Å². The normalized spacial score (nSPS) is 12.5. The van der Waals surface area contributed by atoms with Crippen LogP contribution in [0.4, 0.5) is 0 Å². The first-order chi connectivity index (χ1) is 7.19. The second kappa shape index (κ2) is 5.50. The molecule has 0 aliphatic carbocycles. The van der Waals surface area contributed by atoms with E-state index in [-0.39, 0.29) is 11.9 Å². The van der Waals surface area contributed by atoms with Crippen LogP contribution >= 0.6 is 0 Å². The van der Waals surface area contributed by atoms with Crippen molar-refractivity contribution >= 4 is 5.91 Å². The van der Waals surface area contributed by atoms with Gasteiger partial charge in [-0.05, 0) is 13.3 Å². The lowest BCUT2D eigenvalue weighted by Crippen LogP contribution is -2.40. The largest absolute Gasteiger partial charge is 0.361 e. The summed E-state index contributed by atoms with van der Waals surface area (Å²) in [5.74, 6) is 0.359. The Kier molecular flexibility index (Phi) is 4.30. The molecule has 1 amide bonds. The number of carbonyl (C=O) groups is 1. The molecule has 1 rings (SSSR count). The monoisotopic (exact) mass is 211 g/mol. The molecule has 0 aliphatic heterocycles. The van der Waals surface area contributed by atoms with Gasteiger partial charge in [-0.1, -0.05) is 18.5 Å². The van der Waals surface area contributed by atoms with Crippen LogP contribution < -0.4 is 11.1 Å². The summed E-state index contributed by atoms with van der Waals surface area (Å²) in [6, 6.07) is 0.0248. The van der Waals surface area contributed by atoms with E-state index in [9.17, 15) is 4.79 Å². The molecule has 0 saturated carbocycles. The van der Waals surface area contributed by atoms with Crippen molar-refractivity contribution in [3.63, 3.8) is 0 Å². The van der Waals surface area contributed by atoms with Gasteiger partial charge < -0.3 is 15.6 Å². The summed E-state index contributed by atoms with van der Waals surface area (Å²) >= 11 is 0. The zero-order valence-electron chi connectivity index (χ0n) is 9.12. The van der Waals surface area contributed by atoms with E-state index in [0.717, 1.165) is 12.8 Å². The fourth-order valence-electron chi connectivity index (χ4n) is 1.38. The van der Waals surface area contributed by atoms with E-state index in [1.165, 1.54) is 6.20 Å². The van der Waals surface area contributed by atoms with Gasteiger partial charge in [0.15, 0.2) is 0 Å². The molecular weight excluding hydrogens is 194 g/mol. The molecule has 0 saturated heterocycles. The van der Waals surface area contributed by atoms with E-state index >= 15 is 0 Å². The molecule has 5 heteroatoms. The number of hydrogen-bond acceptors (Lipinski definition) is 4. The van der Waals surface area contributed by atoms with Gasteiger partial charge in [0.2, 0.25) is 0 Å². The van der Waals surface area contributed by atoms with Crippen LogP contribution in [0.2, 0.25) is 0 Å². The lowest BCUT2D eigenvalue weighted by atomic mass is 10.1. The molecule has 84 valence electrons. The Hall–Kier alpha value is -1.36. The molecule has 0 radical (unpaired) electrons. The van der Waals surface area contributed by atoms with Crippen LogP contribution in [0.3, 0.4) is 0 Å². The summed E-state index contributed by atoms with van der Waals surface area (Å²) in [7, 11) is 0. The standard InChI is InChI=1S/C10H17N3O2/c1-3-4-8(5-11)13-10(14)9-6-12-15-7(9)2/h6,8H,3-5,11H2,1-2H3,(H,13,14). The van der Waals surface area contributed by atoms with Crippen molar-refractivity contribution in [3.8, 4) is 0 Å². The quantitative estimate of drug-likeness (QED) is 0.756. The van der Waals surface area contributed by atoms with Gasteiger partial charge in [0.25, 0.3) is 5.91 Å². The van der Waals surface area contributed by atoms with Crippen LogP contribution in [0.1, 0.15) is 35.9 Å². The van der Waals surface area contributed by atoms with E-state index in [1.54, 1.807) is 6.92 Å². The highest BCUT2D eigenvalue weighted by atomic mass is 16.5. The Morgan fingerprint density at radius 3 is 2.93 bits per heavy atom. The average Bonchev–Trinajstić information content (AvgIpc) is 2.63. The first kappa shape index (κ1) is 11.7. The molecule has 0 spiro atoms.